The smallest absolute Gasteiger partial charge is 0.320 e. The van der Waals surface area contributed by atoms with Gasteiger partial charge < -0.3 is 5.32 Å². The summed E-state index contributed by atoms with van der Waals surface area (Å²) in [5.74, 6) is -0.926. The highest BCUT2D eigenvalue weighted by Crippen LogP contribution is 2.35. The van der Waals surface area contributed by atoms with Gasteiger partial charge in [-0.2, -0.15) is 33.7 Å². The van der Waals surface area contributed by atoms with Gasteiger partial charge in [0.05, 0.1) is 41.7 Å². The van der Waals surface area contributed by atoms with Crippen molar-refractivity contribution in [2.75, 3.05) is 5.32 Å². The molecule has 5 aromatic heterocycles. The fourth-order valence-electron chi connectivity index (χ4n) is 3.59. The zero-order chi connectivity index (χ0) is 24.7. The molecule has 35 heavy (non-hydrogen) atoms. The van der Waals surface area contributed by atoms with Crippen molar-refractivity contribution in [1.82, 2.24) is 39.1 Å². The largest absolute Gasteiger partial charge is 0.434 e. The zero-order valence-corrected chi connectivity index (χ0v) is 17.8. The summed E-state index contributed by atoms with van der Waals surface area (Å²) in [7, 11) is 0. The Labute approximate surface area is 194 Å². The van der Waals surface area contributed by atoms with E-state index >= 15 is 0 Å². The molecule has 0 saturated heterocycles. The van der Waals surface area contributed by atoms with Crippen LogP contribution in [0.1, 0.15) is 27.3 Å². The van der Waals surface area contributed by atoms with Crippen LogP contribution in [-0.4, -0.2) is 45.1 Å². The van der Waals surface area contributed by atoms with E-state index in [0.29, 0.717) is 16.0 Å². The normalized spacial score (nSPS) is 11.5. The van der Waals surface area contributed by atoms with E-state index in [4.69, 9.17) is 0 Å². The molecule has 1 amide bonds. The minimum Gasteiger partial charge on any atom is -0.320 e. The molecule has 0 atom stereocenters. The average Bonchev–Trinajstić information content (AvgIpc) is 3.56. The Morgan fingerprint density at radius 1 is 1.14 bits per heavy atom. The Hall–Kier alpha value is -5.06. The number of imidazole rings is 1. The number of aromatic nitrogens is 8. The van der Waals surface area contributed by atoms with Gasteiger partial charge in [0.2, 0.25) is 0 Å². The van der Waals surface area contributed by atoms with Crippen LogP contribution in [0.15, 0.2) is 55.2 Å². The molecule has 0 unspecified atom stereocenters. The number of nitrogens with zero attached hydrogens (tertiary/aromatic N) is 9. The maximum Gasteiger partial charge on any atom is 0.434 e. The number of alkyl halides is 3. The molecule has 0 radical (unpaired) electrons. The Bertz CT molecular complexity index is 1610. The Morgan fingerprint density at radius 2 is 1.91 bits per heavy atom. The molecular weight excluding hydrogens is 465 g/mol. The van der Waals surface area contributed by atoms with Crippen LogP contribution in [0.25, 0.3) is 17.3 Å². The number of carbonyl (C=O) groups is 1. The lowest BCUT2D eigenvalue weighted by molar-refractivity contribution is -0.143. The third-order valence-electron chi connectivity index (χ3n) is 5.01. The van der Waals surface area contributed by atoms with Gasteiger partial charge in [0.1, 0.15) is 17.3 Å². The number of rotatable bonds is 4. The minimum absolute atomic E-state index is 0.00657. The predicted octanol–water partition coefficient (Wildman–Crippen LogP) is 2.95. The van der Waals surface area contributed by atoms with Crippen LogP contribution in [0.2, 0.25) is 0 Å². The number of halogens is 3. The van der Waals surface area contributed by atoms with Gasteiger partial charge in [-0.25, -0.2) is 14.6 Å². The number of anilines is 1. The standard InChI is InChI=1S/C21H13F3N10O/c1-12-20(32-7-3-2-4-16(32)30-12)33-17(21(22,23)24)15(11-29-33)19(35)31-14-8-13(9-25)18(26-10-14)34-27-5-6-28-34/h2-8,10-11H,1H3,(H,31,35). The van der Waals surface area contributed by atoms with Crippen molar-refractivity contribution in [2.24, 2.45) is 0 Å². The highest BCUT2D eigenvalue weighted by Gasteiger charge is 2.41. The number of fused-ring (bicyclic) bond motifs is 1. The van der Waals surface area contributed by atoms with Crippen molar-refractivity contribution >= 4 is 17.2 Å². The van der Waals surface area contributed by atoms with Gasteiger partial charge in [-0.15, -0.1) is 4.80 Å². The first-order valence-corrected chi connectivity index (χ1v) is 9.95. The van der Waals surface area contributed by atoms with E-state index in [9.17, 15) is 23.2 Å². The van der Waals surface area contributed by atoms with Crippen LogP contribution in [-0.2, 0) is 6.18 Å². The number of hydrogen-bond acceptors (Lipinski definition) is 7. The van der Waals surface area contributed by atoms with Gasteiger partial charge in [-0.1, -0.05) is 6.07 Å². The first-order valence-electron chi connectivity index (χ1n) is 9.95. The molecule has 11 nitrogen and oxygen atoms in total. The van der Waals surface area contributed by atoms with Gasteiger partial charge in [0.15, 0.2) is 17.3 Å². The lowest BCUT2D eigenvalue weighted by atomic mass is 10.2. The number of pyridine rings is 2. The number of hydrogen-bond donors (Lipinski definition) is 1. The summed E-state index contributed by atoms with van der Waals surface area (Å²) in [5, 5.41) is 23.4. The van der Waals surface area contributed by atoms with Gasteiger partial charge in [0.25, 0.3) is 5.91 Å². The SMILES string of the molecule is Cc1nc2ccccn2c1-n1ncc(C(=O)Nc2cnc(-n3nccn3)c(C#N)c2)c1C(F)(F)F. The first-order chi connectivity index (χ1) is 16.8. The van der Waals surface area contributed by atoms with E-state index in [1.807, 2.05) is 6.07 Å². The summed E-state index contributed by atoms with van der Waals surface area (Å²) in [4.78, 5) is 22.3. The number of nitrogens with one attached hydrogen (secondary N) is 1. The molecule has 0 aliphatic heterocycles. The maximum atomic E-state index is 14.2. The third-order valence-corrected chi connectivity index (χ3v) is 5.01. The van der Waals surface area contributed by atoms with E-state index in [1.54, 1.807) is 31.3 Å². The Balaban J connectivity index is 1.55. The van der Waals surface area contributed by atoms with E-state index in [0.717, 1.165) is 11.0 Å². The Morgan fingerprint density at radius 3 is 2.63 bits per heavy atom. The number of carbonyl (C=O) groups excluding carboxylic acids is 1. The van der Waals surface area contributed by atoms with E-state index in [2.05, 4.69) is 30.6 Å². The van der Waals surface area contributed by atoms with Gasteiger partial charge in [0, 0.05) is 6.20 Å². The molecule has 5 aromatic rings. The van der Waals surface area contributed by atoms with Gasteiger partial charge in [-0.05, 0) is 25.1 Å². The highest BCUT2D eigenvalue weighted by atomic mass is 19.4. The summed E-state index contributed by atoms with van der Waals surface area (Å²) in [5.41, 5.74) is -1.24. The maximum absolute atomic E-state index is 14.2. The summed E-state index contributed by atoms with van der Waals surface area (Å²) in [6.07, 6.45) is 1.43. The van der Waals surface area contributed by atoms with Crippen LogP contribution in [0.4, 0.5) is 18.9 Å². The lowest BCUT2D eigenvalue weighted by Gasteiger charge is -2.13. The monoisotopic (exact) mass is 478 g/mol. The van der Waals surface area contributed by atoms with Crippen LogP contribution in [0, 0.1) is 18.3 Å². The lowest BCUT2D eigenvalue weighted by Crippen LogP contribution is -2.21. The summed E-state index contributed by atoms with van der Waals surface area (Å²) >= 11 is 0. The van der Waals surface area contributed by atoms with Crippen molar-refractivity contribution in [1.29, 1.82) is 5.26 Å². The fraction of sp³-hybridized carbons (Fsp3) is 0.0952. The molecule has 0 saturated carbocycles. The molecule has 5 heterocycles. The second kappa shape index (κ2) is 8.06. The number of nitriles is 1. The van der Waals surface area contributed by atoms with Crippen molar-refractivity contribution in [3.05, 3.63) is 77.8 Å². The molecular formula is C21H13F3N10O. The first kappa shape index (κ1) is 21.8. The predicted molar refractivity (Wildman–Crippen MR) is 114 cm³/mol. The summed E-state index contributed by atoms with van der Waals surface area (Å²) in [6.45, 7) is 1.55. The van der Waals surface area contributed by atoms with Crippen LogP contribution in [0.5, 0.6) is 0 Å². The van der Waals surface area contributed by atoms with Crippen LogP contribution >= 0.6 is 0 Å². The molecule has 5 rings (SSSR count). The van der Waals surface area contributed by atoms with E-state index < -0.39 is 23.3 Å². The van der Waals surface area contributed by atoms with Gasteiger partial charge in [-0.3, -0.25) is 9.20 Å². The van der Waals surface area contributed by atoms with Crippen molar-refractivity contribution < 1.29 is 18.0 Å². The highest BCUT2D eigenvalue weighted by molar-refractivity contribution is 6.05. The molecule has 0 bridgehead atoms. The second-order valence-electron chi connectivity index (χ2n) is 7.25. The van der Waals surface area contributed by atoms with Crippen molar-refractivity contribution in [3.8, 4) is 17.7 Å². The van der Waals surface area contributed by atoms with E-state index in [-0.39, 0.29) is 22.9 Å². The van der Waals surface area contributed by atoms with Crippen LogP contribution in [0.3, 0.4) is 0 Å². The topological polar surface area (TPSA) is 132 Å². The molecule has 0 aromatic carbocycles. The van der Waals surface area contributed by atoms with E-state index in [1.165, 1.54) is 29.1 Å². The number of aryl methyl sites for hydroxylation is 1. The summed E-state index contributed by atoms with van der Waals surface area (Å²) < 4.78 is 44.6. The molecule has 0 spiro atoms. The summed E-state index contributed by atoms with van der Waals surface area (Å²) in [6, 6.07) is 8.15. The minimum atomic E-state index is -4.92. The molecule has 0 aliphatic carbocycles. The number of amides is 1. The average molecular weight is 478 g/mol. The third kappa shape index (κ3) is 3.74. The Kier molecular flexibility index (Phi) is 5.01. The zero-order valence-electron chi connectivity index (χ0n) is 17.8. The van der Waals surface area contributed by atoms with Gasteiger partial charge >= 0.3 is 6.18 Å². The van der Waals surface area contributed by atoms with Crippen molar-refractivity contribution in [3.63, 3.8) is 0 Å². The quantitative estimate of drug-likeness (QED) is 0.420. The molecule has 0 aliphatic rings. The van der Waals surface area contributed by atoms with Crippen molar-refractivity contribution in [2.45, 2.75) is 13.1 Å². The molecule has 174 valence electrons. The second-order valence-corrected chi connectivity index (χ2v) is 7.25. The molecule has 0 fully saturated rings. The van der Waals surface area contributed by atoms with Crippen LogP contribution < -0.4 is 5.32 Å². The fourth-order valence-corrected chi connectivity index (χ4v) is 3.59. The molecule has 14 heteroatoms. The molecule has 1 N–H and O–H groups in total.